The summed E-state index contributed by atoms with van der Waals surface area (Å²) in [5, 5.41) is 21.9. The Labute approximate surface area is 168 Å². The van der Waals surface area contributed by atoms with Crippen molar-refractivity contribution in [3.63, 3.8) is 0 Å². The molecule has 1 aromatic heterocycles. The normalized spacial score (nSPS) is 14.9. The maximum Gasteiger partial charge on any atom is 0.337 e. The summed E-state index contributed by atoms with van der Waals surface area (Å²) in [7, 11) is 0. The van der Waals surface area contributed by atoms with Crippen LogP contribution in [0.15, 0.2) is 60.9 Å². The van der Waals surface area contributed by atoms with Crippen molar-refractivity contribution in [1.29, 1.82) is 5.26 Å². The standard InChI is InChI=1S/C23H19N3O3/c24-12-16-3-1-2-4-18(16)15-5-6-19-17(8-10-29-22(19)11-15)13-26-21-14-25-9-7-20(21)23(27)28/h1-7,9,11,14,17,26H,8,10,13H2,(H,27,28)/t17-/m1/s1. The van der Waals surface area contributed by atoms with Gasteiger partial charge in [0.2, 0.25) is 0 Å². The van der Waals surface area contributed by atoms with Gasteiger partial charge in [0.15, 0.2) is 0 Å². The lowest BCUT2D eigenvalue weighted by atomic mass is 9.90. The van der Waals surface area contributed by atoms with Crippen molar-refractivity contribution in [2.45, 2.75) is 12.3 Å². The third-order valence-electron chi connectivity index (χ3n) is 5.13. The second-order valence-corrected chi connectivity index (χ2v) is 6.85. The number of hydrogen-bond acceptors (Lipinski definition) is 5. The Hall–Kier alpha value is -3.85. The number of nitrogens with zero attached hydrogens (tertiary/aromatic N) is 2. The van der Waals surface area contributed by atoms with Gasteiger partial charge in [0.05, 0.1) is 35.7 Å². The van der Waals surface area contributed by atoms with E-state index >= 15 is 0 Å². The first-order chi connectivity index (χ1) is 14.2. The van der Waals surface area contributed by atoms with E-state index in [-0.39, 0.29) is 11.5 Å². The van der Waals surface area contributed by atoms with Gasteiger partial charge in [-0.1, -0.05) is 30.3 Å². The first kappa shape index (κ1) is 18.5. The SMILES string of the molecule is N#Cc1ccccc1-c1ccc2c(c1)OCC[C@@H]2CNc1cnccc1C(=O)O. The van der Waals surface area contributed by atoms with E-state index < -0.39 is 5.97 Å². The van der Waals surface area contributed by atoms with E-state index in [1.807, 2.05) is 36.4 Å². The number of aromatic carboxylic acids is 1. The van der Waals surface area contributed by atoms with Crippen LogP contribution in [0.3, 0.4) is 0 Å². The monoisotopic (exact) mass is 385 g/mol. The van der Waals surface area contributed by atoms with Crippen LogP contribution in [0.1, 0.15) is 33.8 Å². The van der Waals surface area contributed by atoms with Crippen LogP contribution in [0.4, 0.5) is 5.69 Å². The summed E-state index contributed by atoms with van der Waals surface area (Å²) in [6.45, 7) is 1.16. The third kappa shape index (κ3) is 3.76. The Balaban J connectivity index is 1.58. The molecular weight excluding hydrogens is 366 g/mol. The Morgan fingerprint density at radius 2 is 2.14 bits per heavy atom. The number of anilines is 1. The van der Waals surface area contributed by atoms with Crippen molar-refractivity contribution >= 4 is 11.7 Å². The predicted octanol–water partition coefficient (Wildman–Crippen LogP) is 4.30. The maximum atomic E-state index is 11.4. The van der Waals surface area contributed by atoms with Gasteiger partial charge in [0.1, 0.15) is 5.75 Å². The van der Waals surface area contributed by atoms with Gasteiger partial charge in [-0.05, 0) is 41.3 Å². The first-order valence-electron chi connectivity index (χ1n) is 9.35. The highest BCUT2D eigenvalue weighted by molar-refractivity contribution is 5.93. The number of carbonyl (C=O) groups is 1. The molecule has 0 fully saturated rings. The summed E-state index contributed by atoms with van der Waals surface area (Å²) in [5.74, 6) is 0.00174. The lowest BCUT2D eigenvalue weighted by molar-refractivity contribution is 0.0697. The first-order valence-corrected chi connectivity index (χ1v) is 9.35. The van der Waals surface area contributed by atoms with Crippen LogP contribution in [0.5, 0.6) is 5.75 Å². The molecule has 6 heteroatoms. The summed E-state index contributed by atoms with van der Waals surface area (Å²) >= 11 is 0. The summed E-state index contributed by atoms with van der Waals surface area (Å²) in [6, 6.07) is 17.2. The Morgan fingerprint density at radius 1 is 1.28 bits per heavy atom. The molecule has 0 amide bonds. The van der Waals surface area contributed by atoms with Crippen molar-refractivity contribution in [2.24, 2.45) is 0 Å². The van der Waals surface area contributed by atoms with E-state index in [9.17, 15) is 15.2 Å². The molecular formula is C23H19N3O3. The Morgan fingerprint density at radius 3 is 2.97 bits per heavy atom. The van der Waals surface area contributed by atoms with Gasteiger partial charge in [0.25, 0.3) is 0 Å². The summed E-state index contributed by atoms with van der Waals surface area (Å²) < 4.78 is 5.89. The average molecular weight is 385 g/mol. The number of ether oxygens (including phenoxy) is 1. The molecule has 1 atom stereocenters. The molecule has 2 heterocycles. The number of benzene rings is 2. The summed E-state index contributed by atoms with van der Waals surface area (Å²) in [4.78, 5) is 15.4. The fourth-order valence-corrected chi connectivity index (χ4v) is 3.63. The van der Waals surface area contributed by atoms with E-state index in [1.165, 1.54) is 18.5 Å². The molecule has 0 unspecified atom stereocenters. The molecule has 4 rings (SSSR count). The molecule has 3 aromatic rings. The van der Waals surface area contributed by atoms with Crippen LogP contribution in [-0.2, 0) is 0 Å². The van der Waals surface area contributed by atoms with Gasteiger partial charge < -0.3 is 15.2 Å². The van der Waals surface area contributed by atoms with Gasteiger partial charge in [-0.15, -0.1) is 0 Å². The maximum absolute atomic E-state index is 11.4. The fourth-order valence-electron chi connectivity index (χ4n) is 3.63. The average Bonchev–Trinajstić information content (AvgIpc) is 2.77. The number of aromatic nitrogens is 1. The minimum atomic E-state index is -0.983. The van der Waals surface area contributed by atoms with Crippen molar-refractivity contribution < 1.29 is 14.6 Å². The topological polar surface area (TPSA) is 95.2 Å². The van der Waals surface area contributed by atoms with Gasteiger partial charge in [0, 0.05) is 18.7 Å². The molecule has 1 aliphatic heterocycles. The largest absolute Gasteiger partial charge is 0.493 e. The molecule has 1 aliphatic rings. The van der Waals surface area contributed by atoms with E-state index in [4.69, 9.17) is 4.74 Å². The predicted molar refractivity (Wildman–Crippen MR) is 109 cm³/mol. The van der Waals surface area contributed by atoms with E-state index in [0.29, 0.717) is 24.4 Å². The minimum Gasteiger partial charge on any atom is -0.493 e. The highest BCUT2D eigenvalue weighted by Gasteiger charge is 2.23. The molecule has 29 heavy (non-hydrogen) atoms. The zero-order valence-corrected chi connectivity index (χ0v) is 15.6. The molecule has 2 N–H and O–H groups in total. The summed E-state index contributed by atoms with van der Waals surface area (Å²) in [6.07, 6.45) is 3.83. The molecule has 144 valence electrons. The molecule has 0 bridgehead atoms. The van der Waals surface area contributed by atoms with E-state index in [0.717, 1.165) is 28.9 Å². The highest BCUT2D eigenvalue weighted by Crippen LogP contribution is 2.37. The molecule has 2 aromatic carbocycles. The van der Waals surface area contributed by atoms with Gasteiger partial charge in [-0.2, -0.15) is 5.26 Å². The molecule has 6 nitrogen and oxygen atoms in total. The number of carboxylic acid groups (broad SMARTS) is 1. The summed E-state index contributed by atoms with van der Waals surface area (Å²) in [5.41, 5.74) is 4.23. The number of nitriles is 1. The van der Waals surface area contributed by atoms with Gasteiger partial charge >= 0.3 is 5.97 Å². The second-order valence-electron chi connectivity index (χ2n) is 6.85. The lowest BCUT2D eigenvalue weighted by Crippen LogP contribution is -2.21. The highest BCUT2D eigenvalue weighted by atomic mass is 16.5. The molecule has 0 aliphatic carbocycles. The molecule has 0 saturated heterocycles. The molecule has 0 spiro atoms. The quantitative estimate of drug-likeness (QED) is 0.680. The lowest BCUT2D eigenvalue weighted by Gasteiger charge is -2.27. The van der Waals surface area contributed by atoms with E-state index in [1.54, 1.807) is 6.07 Å². The van der Waals surface area contributed by atoms with E-state index in [2.05, 4.69) is 16.4 Å². The zero-order chi connectivity index (χ0) is 20.2. The van der Waals surface area contributed by atoms with Crippen LogP contribution in [-0.4, -0.2) is 29.2 Å². The third-order valence-corrected chi connectivity index (χ3v) is 5.13. The number of rotatable bonds is 5. The van der Waals surface area contributed by atoms with Crippen molar-refractivity contribution in [3.8, 4) is 22.9 Å². The van der Waals surface area contributed by atoms with Crippen LogP contribution >= 0.6 is 0 Å². The van der Waals surface area contributed by atoms with Crippen molar-refractivity contribution in [1.82, 2.24) is 4.98 Å². The second kappa shape index (κ2) is 8.03. The number of hydrogen-bond donors (Lipinski definition) is 2. The van der Waals surface area contributed by atoms with Gasteiger partial charge in [-0.3, -0.25) is 4.98 Å². The van der Waals surface area contributed by atoms with Gasteiger partial charge in [-0.25, -0.2) is 4.79 Å². The number of carboxylic acids is 1. The van der Waals surface area contributed by atoms with Crippen LogP contribution < -0.4 is 10.1 Å². The Bertz CT molecular complexity index is 1100. The van der Waals surface area contributed by atoms with Crippen LogP contribution in [0, 0.1) is 11.3 Å². The molecule has 0 radical (unpaired) electrons. The number of fused-ring (bicyclic) bond motifs is 1. The fraction of sp³-hybridized carbons (Fsp3) is 0.174. The van der Waals surface area contributed by atoms with Crippen molar-refractivity contribution in [3.05, 3.63) is 77.6 Å². The zero-order valence-electron chi connectivity index (χ0n) is 15.6. The number of pyridine rings is 1. The number of nitrogens with one attached hydrogen (secondary N) is 1. The smallest absolute Gasteiger partial charge is 0.337 e. The Kier molecular flexibility index (Phi) is 5.12. The van der Waals surface area contributed by atoms with Crippen LogP contribution in [0.2, 0.25) is 0 Å². The van der Waals surface area contributed by atoms with Crippen molar-refractivity contribution in [2.75, 3.05) is 18.5 Å². The minimum absolute atomic E-state index is 0.181. The van der Waals surface area contributed by atoms with Crippen LogP contribution in [0.25, 0.3) is 11.1 Å². The molecule has 0 saturated carbocycles.